The van der Waals surface area contributed by atoms with Gasteiger partial charge in [-0.25, -0.2) is 4.98 Å². The molecular formula is C14H15N3O2. The minimum absolute atomic E-state index is 0.0737. The number of benzene rings is 1. The molecule has 0 spiro atoms. The maximum Gasteiger partial charge on any atom is 0.251 e. The van der Waals surface area contributed by atoms with Crippen LogP contribution in [-0.4, -0.2) is 22.5 Å². The number of nitrogens with zero attached hydrogens (tertiary/aromatic N) is 1. The summed E-state index contributed by atoms with van der Waals surface area (Å²) in [5.41, 5.74) is 2.62. The largest absolute Gasteiger partial charge is 0.497 e. The van der Waals surface area contributed by atoms with E-state index in [0.717, 1.165) is 28.2 Å². The summed E-state index contributed by atoms with van der Waals surface area (Å²) < 4.78 is 5.28. The fourth-order valence-corrected chi connectivity index (χ4v) is 2.20. The van der Waals surface area contributed by atoms with Gasteiger partial charge in [0.05, 0.1) is 29.8 Å². The number of carbonyl (C=O) groups excluding carboxylic acids is 1. The molecule has 2 N–H and O–H groups in total. The second kappa shape index (κ2) is 4.76. The molecule has 0 saturated carbocycles. The minimum Gasteiger partial charge on any atom is -0.497 e. The smallest absolute Gasteiger partial charge is 0.251 e. The lowest BCUT2D eigenvalue weighted by atomic mass is 10.2. The summed E-state index contributed by atoms with van der Waals surface area (Å²) >= 11 is 0. The van der Waals surface area contributed by atoms with E-state index in [1.807, 2.05) is 31.2 Å². The Labute approximate surface area is 110 Å². The number of aromatic nitrogens is 2. The molecule has 5 heteroatoms. The predicted octanol–water partition coefficient (Wildman–Crippen LogP) is 1.87. The van der Waals surface area contributed by atoms with Crippen molar-refractivity contribution in [3.63, 3.8) is 0 Å². The zero-order chi connectivity index (χ0) is 13.2. The Kier molecular flexibility index (Phi) is 2.95. The molecule has 1 aliphatic heterocycles. The predicted molar refractivity (Wildman–Crippen MR) is 71.2 cm³/mol. The van der Waals surface area contributed by atoms with E-state index in [9.17, 15) is 4.79 Å². The summed E-state index contributed by atoms with van der Waals surface area (Å²) in [6, 6.07) is 7.79. The number of amides is 1. The first-order valence-electron chi connectivity index (χ1n) is 6.28. The average molecular weight is 257 g/mol. The summed E-state index contributed by atoms with van der Waals surface area (Å²) in [6.07, 6.45) is 0.678. The number of fused-ring (bicyclic) bond motifs is 1. The summed E-state index contributed by atoms with van der Waals surface area (Å²) in [7, 11) is 0. The minimum atomic E-state index is -0.0737. The van der Waals surface area contributed by atoms with Gasteiger partial charge in [-0.15, -0.1) is 0 Å². The van der Waals surface area contributed by atoms with Crippen molar-refractivity contribution in [3.05, 3.63) is 41.4 Å². The van der Waals surface area contributed by atoms with Gasteiger partial charge in [0.25, 0.3) is 5.91 Å². The summed E-state index contributed by atoms with van der Waals surface area (Å²) in [4.78, 5) is 19.5. The molecule has 98 valence electrons. The van der Waals surface area contributed by atoms with Crippen LogP contribution in [0.15, 0.2) is 35.6 Å². The Hall–Kier alpha value is -2.30. The standard InChI is InChI=1S/C14H15N3O2/c1-9-10(6-7-19-9)14(18)15-8-13-16-11-4-2-3-5-12(11)17-13/h2-5H,6-8H2,1H3,(H,15,18)(H,16,17). The van der Waals surface area contributed by atoms with Crippen molar-refractivity contribution in [2.75, 3.05) is 6.61 Å². The van der Waals surface area contributed by atoms with Crippen molar-refractivity contribution in [1.82, 2.24) is 15.3 Å². The molecule has 1 aliphatic rings. The lowest BCUT2D eigenvalue weighted by molar-refractivity contribution is -0.117. The number of hydrogen-bond acceptors (Lipinski definition) is 3. The molecule has 2 aromatic rings. The van der Waals surface area contributed by atoms with E-state index in [4.69, 9.17) is 4.74 Å². The maximum absolute atomic E-state index is 12.0. The van der Waals surface area contributed by atoms with Crippen LogP contribution in [0.4, 0.5) is 0 Å². The highest BCUT2D eigenvalue weighted by Crippen LogP contribution is 2.18. The molecule has 0 radical (unpaired) electrons. The molecule has 1 amide bonds. The highest BCUT2D eigenvalue weighted by atomic mass is 16.5. The van der Waals surface area contributed by atoms with E-state index in [1.165, 1.54) is 0 Å². The number of para-hydroxylation sites is 2. The van der Waals surface area contributed by atoms with Crippen LogP contribution in [-0.2, 0) is 16.1 Å². The van der Waals surface area contributed by atoms with Crippen molar-refractivity contribution >= 4 is 16.9 Å². The van der Waals surface area contributed by atoms with Crippen LogP contribution in [0.25, 0.3) is 11.0 Å². The van der Waals surface area contributed by atoms with Crippen molar-refractivity contribution in [1.29, 1.82) is 0 Å². The van der Waals surface area contributed by atoms with E-state index in [1.54, 1.807) is 0 Å². The van der Waals surface area contributed by atoms with E-state index < -0.39 is 0 Å². The van der Waals surface area contributed by atoms with Gasteiger partial charge in [-0.05, 0) is 19.1 Å². The van der Waals surface area contributed by atoms with Crippen LogP contribution in [0.1, 0.15) is 19.2 Å². The summed E-state index contributed by atoms with van der Waals surface area (Å²) in [5, 5.41) is 2.86. The van der Waals surface area contributed by atoms with Gasteiger partial charge in [-0.3, -0.25) is 4.79 Å². The number of aromatic amines is 1. The van der Waals surface area contributed by atoms with Gasteiger partial charge < -0.3 is 15.0 Å². The third kappa shape index (κ3) is 2.31. The molecule has 0 bridgehead atoms. The lowest BCUT2D eigenvalue weighted by Crippen LogP contribution is -2.25. The molecule has 0 aliphatic carbocycles. The zero-order valence-corrected chi connectivity index (χ0v) is 10.7. The van der Waals surface area contributed by atoms with Gasteiger partial charge in [0.2, 0.25) is 0 Å². The van der Waals surface area contributed by atoms with Gasteiger partial charge >= 0.3 is 0 Å². The number of imidazole rings is 1. The van der Waals surface area contributed by atoms with Crippen LogP contribution in [0.2, 0.25) is 0 Å². The second-order valence-corrected chi connectivity index (χ2v) is 4.52. The van der Waals surface area contributed by atoms with Gasteiger partial charge in [0.1, 0.15) is 11.6 Å². The van der Waals surface area contributed by atoms with E-state index in [2.05, 4.69) is 15.3 Å². The Morgan fingerprint density at radius 1 is 1.47 bits per heavy atom. The average Bonchev–Trinajstić information content (AvgIpc) is 3.01. The third-order valence-electron chi connectivity index (χ3n) is 3.22. The summed E-state index contributed by atoms with van der Waals surface area (Å²) in [6.45, 7) is 2.81. The lowest BCUT2D eigenvalue weighted by Gasteiger charge is -2.03. The molecule has 0 unspecified atom stereocenters. The monoisotopic (exact) mass is 257 g/mol. The maximum atomic E-state index is 12.0. The van der Waals surface area contributed by atoms with Crippen LogP contribution in [0.3, 0.4) is 0 Å². The SMILES string of the molecule is CC1=C(C(=O)NCc2nc3ccccc3[nH]2)CCO1. The first kappa shape index (κ1) is 11.8. The van der Waals surface area contributed by atoms with Gasteiger partial charge in [0, 0.05) is 6.42 Å². The molecular weight excluding hydrogens is 242 g/mol. The van der Waals surface area contributed by atoms with Gasteiger partial charge in [-0.2, -0.15) is 0 Å². The molecule has 19 heavy (non-hydrogen) atoms. The van der Waals surface area contributed by atoms with Crippen LogP contribution in [0.5, 0.6) is 0 Å². The van der Waals surface area contributed by atoms with Crippen LogP contribution < -0.4 is 5.32 Å². The van der Waals surface area contributed by atoms with E-state index in [0.29, 0.717) is 19.6 Å². The van der Waals surface area contributed by atoms with Crippen molar-refractivity contribution in [2.24, 2.45) is 0 Å². The Balaban J connectivity index is 1.69. The highest BCUT2D eigenvalue weighted by Gasteiger charge is 2.19. The van der Waals surface area contributed by atoms with E-state index >= 15 is 0 Å². The van der Waals surface area contributed by atoms with Crippen LogP contribution in [0, 0.1) is 0 Å². The molecule has 5 nitrogen and oxygen atoms in total. The fourth-order valence-electron chi connectivity index (χ4n) is 2.20. The molecule has 1 aromatic carbocycles. The molecule has 3 rings (SSSR count). The number of rotatable bonds is 3. The Morgan fingerprint density at radius 3 is 3.05 bits per heavy atom. The Morgan fingerprint density at radius 2 is 2.32 bits per heavy atom. The number of allylic oxidation sites excluding steroid dienone is 1. The van der Waals surface area contributed by atoms with Crippen molar-refractivity contribution < 1.29 is 9.53 Å². The number of nitrogens with one attached hydrogen (secondary N) is 2. The number of H-pyrrole nitrogens is 1. The third-order valence-corrected chi connectivity index (χ3v) is 3.22. The second-order valence-electron chi connectivity index (χ2n) is 4.52. The molecule has 0 fully saturated rings. The Bertz CT molecular complexity index is 625. The molecule has 2 heterocycles. The number of ether oxygens (including phenoxy) is 1. The molecule has 0 saturated heterocycles. The first-order valence-corrected chi connectivity index (χ1v) is 6.28. The molecule has 1 aromatic heterocycles. The van der Waals surface area contributed by atoms with Crippen LogP contribution >= 0.6 is 0 Å². The molecule has 0 atom stereocenters. The van der Waals surface area contributed by atoms with Gasteiger partial charge in [-0.1, -0.05) is 12.1 Å². The zero-order valence-electron chi connectivity index (χ0n) is 10.7. The summed E-state index contributed by atoms with van der Waals surface area (Å²) in [5.74, 6) is 1.41. The van der Waals surface area contributed by atoms with Crippen molar-refractivity contribution in [3.8, 4) is 0 Å². The van der Waals surface area contributed by atoms with Gasteiger partial charge in [0.15, 0.2) is 0 Å². The quantitative estimate of drug-likeness (QED) is 0.882. The highest BCUT2D eigenvalue weighted by molar-refractivity contribution is 5.94. The first-order chi connectivity index (χ1) is 9.24. The normalized spacial score (nSPS) is 14.8. The van der Waals surface area contributed by atoms with Crippen molar-refractivity contribution in [2.45, 2.75) is 19.9 Å². The van der Waals surface area contributed by atoms with E-state index in [-0.39, 0.29) is 5.91 Å². The number of carbonyl (C=O) groups is 1. The number of hydrogen-bond donors (Lipinski definition) is 2. The topological polar surface area (TPSA) is 67.0 Å². The fraction of sp³-hybridized carbons (Fsp3) is 0.286.